The Hall–Kier alpha value is -2.94. The van der Waals surface area contributed by atoms with Crippen LogP contribution in [0, 0.1) is 5.41 Å². The van der Waals surface area contributed by atoms with Crippen LogP contribution in [0.25, 0.3) is 11.1 Å². The SMILES string of the molecule is CCCCN(C(=O)O)C(N)(Cc1ccc(-c2ccccc2)cc1)C(O)(O)CNC(=O)CC(C)(C)C. The summed E-state index contributed by atoms with van der Waals surface area (Å²) in [4.78, 5) is 25.4. The Bertz CT molecular complexity index is 971. The van der Waals surface area contributed by atoms with Crippen molar-refractivity contribution in [1.29, 1.82) is 0 Å². The monoisotopic (exact) mass is 485 g/mol. The van der Waals surface area contributed by atoms with Gasteiger partial charge in [-0.25, -0.2) is 4.79 Å². The predicted molar refractivity (Wildman–Crippen MR) is 136 cm³/mol. The molecule has 1 atom stereocenters. The predicted octanol–water partition coefficient (Wildman–Crippen LogP) is 3.56. The minimum Gasteiger partial charge on any atom is -0.465 e. The van der Waals surface area contributed by atoms with Crippen molar-refractivity contribution in [2.24, 2.45) is 11.1 Å². The molecule has 35 heavy (non-hydrogen) atoms. The van der Waals surface area contributed by atoms with Gasteiger partial charge in [0, 0.05) is 19.4 Å². The molecular formula is C27H39N3O5. The van der Waals surface area contributed by atoms with E-state index in [2.05, 4.69) is 5.32 Å². The molecule has 192 valence electrons. The molecule has 1 unspecified atom stereocenters. The second-order valence-corrected chi connectivity index (χ2v) is 10.3. The molecule has 2 amide bonds. The van der Waals surface area contributed by atoms with Crippen molar-refractivity contribution in [2.45, 2.75) is 64.8 Å². The maximum Gasteiger partial charge on any atom is 0.408 e. The van der Waals surface area contributed by atoms with E-state index >= 15 is 0 Å². The molecule has 2 aromatic carbocycles. The summed E-state index contributed by atoms with van der Waals surface area (Å²) in [6.45, 7) is 6.97. The van der Waals surface area contributed by atoms with Gasteiger partial charge < -0.3 is 26.4 Å². The minimum atomic E-state index is -2.73. The summed E-state index contributed by atoms with van der Waals surface area (Å²) in [7, 11) is 0. The van der Waals surface area contributed by atoms with Gasteiger partial charge in [-0.2, -0.15) is 0 Å². The van der Waals surface area contributed by atoms with Gasteiger partial charge in [-0.3, -0.25) is 9.69 Å². The average molecular weight is 486 g/mol. The number of carbonyl (C=O) groups is 2. The molecule has 0 aromatic heterocycles. The molecule has 6 N–H and O–H groups in total. The molecule has 0 spiro atoms. The number of benzene rings is 2. The highest BCUT2D eigenvalue weighted by Gasteiger charge is 2.53. The first-order chi connectivity index (χ1) is 16.3. The number of amides is 2. The van der Waals surface area contributed by atoms with E-state index in [9.17, 15) is 24.9 Å². The molecule has 2 rings (SSSR count). The Balaban J connectivity index is 2.35. The zero-order valence-electron chi connectivity index (χ0n) is 21.1. The molecule has 0 radical (unpaired) electrons. The molecule has 2 aromatic rings. The first-order valence-electron chi connectivity index (χ1n) is 11.9. The van der Waals surface area contributed by atoms with Crippen molar-refractivity contribution in [2.75, 3.05) is 13.1 Å². The fourth-order valence-electron chi connectivity index (χ4n) is 3.91. The normalized spacial score (nSPS) is 13.7. The van der Waals surface area contributed by atoms with Crippen molar-refractivity contribution in [3.8, 4) is 11.1 Å². The van der Waals surface area contributed by atoms with E-state index in [1.807, 2.05) is 70.2 Å². The van der Waals surface area contributed by atoms with Crippen molar-refractivity contribution in [3.63, 3.8) is 0 Å². The molecule has 0 bridgehead atoms. The Kier molecular flexibility index (Phi) is 9.43. The van der Waals surface area contributed by atoms with E-state index in [1.165, 1.54) is 0 Å². The van der Waals surface area contributed by atoms with E-state index in [4.69, 9.17) is 5.73 Å². The second kappa shape index (κ2) is 11.7. The molecule has 0 aliphatic rings. The molecule has 0 fully saturated rings. The zero-order chi connectivity index (χ0) is 26.3. The van der Waals surface area contributed by atoms with Crippen LogP contribution in [0.5, 0.6) is 0 Å². The number of aliphatic hydroxyl groups is 2. The van der Waals surface area contributed by atoms with Crippen LogP contribution in [0.3, 0.4) is 0 Å². The van der Waals surface area contributed by atoms with E-state index < -0.39 is 24.1 Å². The fourth-order valence-corrected chi connectivity index (χ4v) is 3.91. The van der Waals surface area contributed by atoms with Crippen LogP contribution in [0.4, 0.5) is 4.79 Å². The highest BCUT2D eigenvalue weighted by Crippen LogP contribution is 2.29. The third kappa shape index (κ3) is 7.78. The van der Waals surface area contributed by atoms with Crippen molar-refractivity contribution in [1.82, 2.24) is 10.2 Å². The summed E-state index contributed by atoms with van der Waals surface area (Å²) >= 11 is 0. The highest BCUT2D eigenvalue weighted by molar-refractivity contribution is 5.76. The molecule has 8 heteroatoms. The van der Waals surface area contributed by atoms with E-state index in [-0.39, 0.29) is 30.7 Å². The summed E-state index contributed by atoms with van der Waals surface area (Å²) < 4.78 is 0. The van der Waals surface area contributed by atoms with E-state index in [0.29, 0.717) is 18.4 Å². The number of unbranched alkanes of at least 4 members (excludes halogenated alkanes) is 1. The van der Waals surface area contributed by atoms with Gasteiger partial charge in [-0.05, 0) is 28.5 Å². The number of rotatable bonds is 11. The lowest BCUT2D eigenvalue weighted by Gasteiger charge is -2.47. The standard InChI is InChI=1S/C27H39N3O5/c1-5-6-16-30(24(32)33)26(28,27(34,35)19-29-23(31)18-25(2,3)4)17-20-12-14-22(15-13-20)21-10-8-7-9-11-21/h7-15,34-35H,5-6,16-19,28H2,1-4H3,(H,29,31)(H,32,33). The summed E-state index contributed by atoms with van der Waals surface area (Å²) in [5.74, 6) is -3.11. The minimum absolute atomic E-state index is 0.0171. The lowest BCUT2D eigenvalue weighted by atomic mass is 9.88. The molecule has 0 saturated carbocycles. The van der Waals surface area contributed by atoms with Gasteiger partial charge in [-0.15, -0.1) is 0 Å². The number of hydrogen-bond donors (Lipinski definition) is 5. The van der Waals surface area contributed by atoms with Crippen LogP contribution in [0.2, 0.25) is 0 Å². The van der Waals surface area contributed by atoms with Gasteiger partial charge in [0.15, 0.2) is 5.66 Å². The first kappa shape index (κ1) is 28.3. The van der Waals surface area contributed by atoms with Crippen LogP contribution in [-0.4, -0.2) is 56.8 Å². The lowest BCUT2D eigenvalue weighted by molar-refractivity contribution is -0.239. The summed E-state index contributed by atoms with van der Waals surface area (Å²) in [6.07, 6.45) is -0.182. The summed E-state index contributed by atoms with van der Waals surface area (Å²) in [5, 5.41) is 34.7. The number of nitrogens with zero attached hydrogens (tertiary/aromatic N) is 1. The van der Waals surface area contributed by atoms with Gasteiger partial charge >= 0.3 is 6.09 Å². The Morgan fingerprint density at radius 2 is 1.54 bits per heavy atom. The van der Waals surface area contributed by atoms with Crippen LogP contribution < -0.4 is 11.1 Å². The van der Waals surface area contributed by atoms with Gasteiger partial charge in [-0.1, -0.05) is 88.7 Å². The van der Waals surface area contributed by atoms with Crippen LogP contribution in [-0.2, 0) is 11.2 Å². The van der Waals surface area contributed by atoms with E-state index in [0.717, 1.165) is 16.0 Å². The van der Waals surface area contributed by atoms with Gasteiger partial charge in [0.05, 0.1) is 6.54 Å². The second-order valence-electron chi connectivity index (χ2n) is 10.3. The number of nitrogens with one attached hydrogen (secondary N) is 1. The molecule has 8 nitrogen and oxygen atoms in total. The van der Waals surface area contributed by atoms with Gasteiger partial charge in [0.2, 0.25) is 11.7 Å². The average Bonchev–Trinajstić information content (AvgIpc) is 2.77. The maximum atomic E-state index is 12.3. The van der Waals surface area contributed by atoms with Gasteiger partial charge in [0.25, 0.3) is 0 Å². The Morgan fingerprint density at radius 1 is 0.971 bits per heavy atom. The molecular weight excluding hydrogens is 446 g/mol. The molecule has 0 saturated heterocycles. The Labute approximate surface area is 207 Å². The third-order valence-corrected chi connectivity index (χ3v) is 5.90. The van der Waals surface area contributed by atoms with Gasteiger partial charge in [0.1, 0.15) is 0 Å². The summed E-state index contributed by atoms with van der Waals surface area (Å²) in [6, 6.07) is 17.1. The van der Waals surface area contributed by atoms with Crippen molar-refractivity contribution in [3.05, 3.63) is 60.2 Å². The smallest absolute Gasteiger partial charge is 0.408 e. The first-order valence-corrected chi connectivity index (χ1v) is 11.9. The third-order valence-electron chi connectivity index (χ3n) is 5.90. The zero-order valence-corrected chi connectivity index (χ0v) is 21.1. The number of carboxylic acid groups (broad SMARTS) is 1. The van der Waals surface area contributed by atoms with Crippen LogP contribution >= 0.6 is 0 Å². The highest BCUT2D eigenvalue weighted by atomic mass is 16.5. The maximum absolute atomic E-state index is 12.3. The van der Waals surface area contributed by atoms with Crippen molar-refractivity contribution >= 4 is 12.0 Å². The summed E-state index contributed by atoms with van der Waals surface area (Å²) in [5.41, 5.74) is 6.75. The Morgan fingerprint density at radius 3 is 2.06 bits per heavy atom. The number of carbonyl (C=O) groups excluding carboxylic acids is 1. The molecule has 0 aliphatic heterocycles. The number of hydrogen-bond acceptors (Lipinski definition) is 5. The topological polar surface area (TPSA) is 136 Å². The van der Waals surface area contributed by atoms with Crippen LogP contribution in [0.1, 0.15) is 52.5 Å². The van der Waals surface area contributed by atoms with Crippen molar-refractivity contribution < 1.29 is 24.9 Å². The number of nitrogens with two attached hydrogens (primary N) is 1. The molecule has 0 aliphatic carbocycles. The fraction of sp³-hybridized carbons (Fsp3) is 0.481. The molecule has 0 heterocycles. The lowest BCUT2D eigenvalue weighted by Crippen LogP contribution is -2.75. The van der Waals surface area contributed by atoms with E-state index in [1.54, 1.807) is 12.1 Å². The quantitative estimate of drug-likeness (QED) is 0.309. The van der Waals surface area contributed by atoms with Crippen LogP contribution in [0.15, 0.2) is 54.6 Å². The largest absolute Gasteiger partial charge is 0.465 e.